The van der Waals surface area contributed by atoms with Crippen LogP contribution in [-0.2, 0) is 4.79 Å². The number of halogens is 1. The summed E-state index contributed by atoms with van der Waals surface area (Å²) in [4.78, 5) is 23.1. The normalized spacial score (nSPS) is 9.91. The lowest BCUT2D eigenvalue weighted by atomic mass is 10.2. The molecule has 0 aliphatic rings. The van der Waals surface area contributed by atoms with Crippen LogP contribution in [0.2, 0.25) is 5.02 Å². The summed E-state index contributed by atoms with van der Waals surface area (Å²) in [7, 11) is 0. The van der Waals surface area contributed by atoms with Crippen molar-refractivity contribution in [3.8, 4) is 0 Å². The fraction of sp³-hybridized carbons (Fsp3) is 0.0667. The van der Waals surface area contributed by atoms with E-state index in [9.17, 15) is 9.59 Å². The molecule has 0 aliphatic carbocycles. The van der Waals surface area contributed by atoms with Crippen molar-refractivity contribution < 1.29 is 9.59 Å². The van der Waals surface area contributed by atoms with E-state index in [1.54, 1.807) is 24.3 Å². The van der Waals surface area contributed by atoms with Gasteiger partial charge in [0.05, 0.1) is 17.3 Å². The van der Waals surface area contributed by atoms with Gasteiger partial charge in [0.15, 0.2) is 0 Å². The fourth-order valence-electron chi connectivity index (χ4n) is 1.71. The number of amides is 3. The Kier molecular flexibility index (Phi) is 5.35. The number of hydrogen-bond acceptors (Lipinski definition) is 3. The topological polar surface area (TPSA) is 96.2 Å². The summed E-state index contributed by atoms with van der Waals surface area (Å²) in [6.07, 6.45) is 0. The number of carbonyl (C=O) groups is 2. The maximum atomic E-state index is 11.9. The van der Waals surface area contributed by atoms with Gasteiger partial charge in [-0.3, -0.25) is 4.79 Å². The molecule has 0 saturated heterocycles. The van der Waals surface area contributed by atoms with E-state index in [2.05, 4.69) is 16.0 Å². The number of urea groups is 1. The third-order valence-electron chi connectivity index (χ3n) is 2.72. The van der Waals surface area contributed by atoms with Crippen molar-refractivity contribution in [2.75, 3.05) is 22.5 Å². The molecule has 0 atom stereocenters. The lowest BCUT2D eigenvalue weighted by molar-refractivity contribution is -0.114. The SMILES string of the molecule is NCC(=O)Nc1ccc(NC(=O)Nc2ccccc2)c(Cl)c1. The molecule has 0 fully saturated rings. The van der Waals surface area contributed by atoms with Gasteiger partial charge < -0.3 is 21.7 Å². The third kappa shape index (κ3) is 4.47. The van der Waals surface area contributed by atoms with Crippen LogP contribution in [0, 0.1) is 0 Å². The van der Waals surface area contributed by atoms with E-state index >= 15 is 0 Å². The van der Waals surface area contributed by atoms with Crippen LogP contribution >= 0.6 is 11.6 Å². The molecule has 0 bridgehead atoms. The van der Waals surface area contributed by atoms with Gasteiger partial charge in [0.2, 0.25) is 5.91 Å². The maximum absolute atomic E-state index is 11.9. The molecule has 0 unspecified atom stereocenters. The molecule has 2 rings (SSSR count). The van der Waals surface area contributed by atoms with Crippen LogP contribution in [0.15, 0.2) is 48.5 Å². The molecule has 22 heavy (non-hydrogen) atoms. The number of carbonyl (C=O) groups excluding carboxylic acids is 2. The molecule has 114 valence electrons. The van der Waals surface area contributed by atoms with Crippen LogP contribution in [0.25, 0.3) is 0 Å². The molecule has 0 aliphatic heterocycles. The Bertz CT molecular complexity index is 676. The zero-order valence-corrected chi connectivity index (χ0v) is 12.4. The highest BCUT2D eigenvalue weighted by molar-refractivity contribution is 6.34. The van der Waals surface area contributed by atoms with Gasteiger partial charge in [-0.2, -0.15) is 0 Å². The fourth-order valence-corrected chi connectivity index (χ4v) is 1.94. The summed E-state index contributed by atoms with van der Waals surface area (Å²) in [5.41, 5.74) is 6.83. The first-order chi connectivity index (χ1) is 10.6. The van der Waals surface area contributed by atoms with Crippen LogP contribution in [-0.4, -0.2) is 18.5 Å². The van der Waals surface area contributed by atoms with E-state index in [-0.39, 0.29) is 12.5 Å². The summed E-state index contributed by atoms with van der Waals surface area (Å²) in [6, 6.07) is 13.4. The monoisotopic (exact) mass is 318 g/mol. The predicted octanol–water partition coefficient (Wildman–Crippen LogP) is 2.88. The molecule has 0 saturated carbocycles. The van der Waals surface area contributed by atoms with Crippen LogP contribution in [0.3, 0.4) is 0 Å². The Hall–Kier alpha value is -2.57. The largest absolute Gasteiger partial charge is 0.325 e. The Balaban J connectivity index is 2.00. The second kappa shape index (κ2) is 7.44. The van der Waals surface area contributed by atoms with Crippen molar-refractivity contribution in [1.29, 1.82) is 0 Å². The van der Waals surface area contributed by atoms with E-state index in [1.165, 1.54) is 6.07 Å². The number of anilines is 3. The standard InChI is InChI=1S/C15H15ClN4O2/c16-12-8-11(18-14(21)9-17)6-7-13(12)20-15(22)19-10-4-2-1-3-5-10/h1-8H,9,17H2,(H,18,21)(H2,19,20,22). The van der Waals surface area contributed by atoms with Gasteiger partial charge >= 0.3 is 6.03 Å². The van der Waals surface area contributed by atoms with Gasteiger partial charge in [-0.25, -0.2) is 4.79 Å². The van der Waals surface area contributed by atoms with Gasteiger partial charge in [0.1, 0.15) is 0 Å². The quantitative estimate of drug-likeness (QED) is 0.698. The average molecular weight is 319 g/mol. The van der Waals surface area contributed by atoms with E-state index in [4.69, 9.17) is 17.3 Å². The van der Waals surface area contributed by atoms with Gasteiger partial charge in [-0.05, 0) is 30.3 Å². The molecule has 0 radical (unpaired) electrons. The predicted molar refractivity (Wildman–Crippen MR) is 88.2 cm³/mol. The highest BCUT2D eigenvalue weighted by atomic mass is 35.5. The van der Waals surface area contributed by atoms with E-state index < -0.39 is 6.03 Å². The van der Waals surface area contributed by atoms with Crippen molar-refractivity contribution >= 4 is 40.6 Å². The Morgan fingerprint density at radius 1 is 0.955 bits per heavy atom. The van der Waals surface area contributed by atoms with Crippen molar-refractivity contribution in [3.63, 3.8) is 0 Å². The molecule has 0 heterocycles. The molecule has 2 aromatic rings. The van der Waals surface area contributed by atoms with Gasteiger partial charge in [-0.15, -0.1) is 0 Å². The van der Waals surface area contributed by atoms with Crippen molar-refractivity contribution in [1.82, 2.24) is 0 Å². The minimum Gasteiger partial charge on any atom is -0.325 e. The number of benzene rings is 2. The van der Waals surface area contributed by atoms with Crippen LogP contribution < -0.4 is 21.7 Å². The van der Waals surface area contributed by atoms with Crippen LogP contribution in [0.1, 0.15) is 0 Å². The molecule has 5 N–H and O–H groups in total. The van der Waals surface area contributed by atoms with E-state index in [0.717, 1.165) is 0 Å². The molecule has 6 nitrogen and oxygen atoms in total. The highest BCUT2D eigenvalue weighted by Crippen LogP contribution is 2.25. The molecule has 3 amide bonds. The first-order valence-electron chi connectivity index (χ1n) is 6.51. The zero-order valence-electron chi connectivity index (χ0n) is 11.6. The van der Waals surface area contributed by atoms with Crippen LogP contribution in [0.4, 0.5) is 21.9 Å². The highest BCUT2D eigenvalue weighted by Gasteiger charge is 2.08. The Morgan fingerprint density at radius 2 is 1.68 bits per heavy atom. The van der Waals surface area contributed by atoms with E-state index in [1.807, 2.05) is 18.2 Å². The van der Waals surface area contributed by atoms with Crippen LogP contribution in [0.5, 0.6) is 0 Å². The molecule has 2 aromatic carbocycles. The number of nitrogens with one attached hydrogen (secondary N) is 3. The minimum absolute atomic E-state index is 0.114. The Labute approximate surface area is 132 Å². The smallest absolute Gasteiger partial charge is 0.323 e. The maximum Gasteiger partial charge on any atom is 0.323 e. The van der Waals surface area contributed by atoms with Gasteiger partial charge in [0, 0.05) is 11.4 Å². The molecular weight excluding hydrogens is 304 g/mol. The van der Waals surface area contributed by atoms with Crippen molar-refractivity contribution in [2.24, 2.45) is 5.73 Å². The third-order valence-corrected chi connectivity index (χ3v) is 3.03. The lowest BCUT2D eigenvalue weighted by Gasteiger charge is -2.10. The average Bonchev–Trinajstić information content (AvgIpc) is 2.51. The van der Waals surface area contributed by atoms with Gasteiger partial charge in [0.25, 0.3) is 0 Å². The number of hydrogen-bond donors (Lipinski definition) is 4. The zero-order chi connectivity index (χ0) is 15.9. The number of nitrogens with two attached hydrogens (primary N) is 1. The molecular formula is C15H15ClN4O2. The number of para-hydroxylation sites is 1. The lowest BCUT2D eigenvalue weighted by Crippen LogP contribution is -2.22. The Morgan fingerprint density at radius 3 is 2.32 bits per heavy atom. The molecule has 0 aromatic heterocycles. The molecule has 7 heteroatoms. The summed E-state index contributed by atoms with van der Waals surface area (Å²) < 4.78 is 0. The molecule has 0 spiro atoms. The second-order valence-electron chi connectivity index (χ2n) is 4.39. The van der Waals surface area contributed by atoms with Crippen molar-refractivity contribution in [3.05, 3.63) is 53.6 Å². The van der Waals surface area contributed by atoms with E-state index in [0.29, 0.717) is 22.1 Å². The summed E-state index contributed by atoms with van der Waals surface area (Å²) in [6.45, 7) is -0.114. The summed E-state index contributed by atoms with van der Waals surface area (Å²) >= 11 is 6.08. The second-order valence-corrected chi connectivity index (χ2v) is 4.80. The first kappa shape index (κ1) is 15.8. The summed E-state index contributed by atoms with van der Waals surface area (Å²) in [5, 5.41) is 8.19. The first-order valence-corrected chi connectivity index (χ1v) is 6.89. The number of rotatable bonds is 4. The van der Waals surface area contributed by atoms with Gasteiger partial charge in [-0.1, -0.05) is 29.8 Å². The minimum atomic E-state index is -0.410. The van der Waals surface area contributed by atoms with Crippen molar-refractivity contribution in [2.45, 2.75) is 0 Å². The summed E-state index contributed by atoms with van der Waals surface area (Å²) in [5.74, 6) is -0.321.